The maximum Gasteiger partial charge on any atom is 0.264 e. The van der Waals surface area contributed by atoms with Gasteiger partial charge in [0.25, 0.3) is 10.0 Å². The lowest BCUT2D eigenvalue weighted by Crippen LogP contribution is -2.54. The minimum absolute atomic E-state index is 0.0232. The quantitative estimate of drug-likeness (QED) is 0.153. The lowest BCUT2D eigenvalue weighted by Gasteiger charge is -2.34. The maximum atomic E-state index is 14.5. The van der Waals surface area contributed by atoms with Crippen LogP contribution in [0.5, 0.6) is 5.75 Å². The van der Waals surface area contributed by atoms with E-state index in [1.54, 1.807) is 36.4 Å². The maximum absolute atomic E-state index is 14.5. The highest BCUT2D eigenvalue weighted by Crippen LogP contribution is 2.27. The van der Waals surface area contributed by atoms with Crippen molar-refractivity contribution >= 4 is 55.1 Å². The van der Waals surface area contributed by atoms with E-state index in [9.17, 15) is 18.0 Å². The molecule has 4 aromatic rings. The molecule has 0 aromatic heterocycles. The molecule has 8 nitrogen and oxygen atoms in total. The summed E-state index contributed by atoms with van der Waals surface area (Å²) in [5.74, 6) is -0.380. The van der Waals surface area contributed by atoms with Gasteiger partial charge in [0.2, 0.25) is 11.8 Å². The molecule has 0 saturated carbocycles. The highest BCUT2D eigenvalue weighted by molar-refractivity contribution is 9.10. The summed E-state index contributed by atoms with van der Waals surface area (Å²) in [6, 6.07) is 28.0. The zero-order valence-corrected chi connectivity index (χ0v) is 29.1. The van der Waals surface area contributed by atoms with E-state index in [0.29, 0.717) is 17.2 Å². The number of hydrogen-bond donors (Lipinski definition) is 1. The molecule has 46 heavy (non-hydrogen) atoms. The van der Waals surface area contributed by atoms with Gasteiger partial charge in [-0.15, -0.1) is 0 Å². The number of carbonyl (C=O) groups excluding carboxylic acids is 2. The normalized spacial score (nSPS) is 12.5. The topological polar surface area (TPSA) is 96.0 Å². The molecular weight excluding hydrogens is 690 g/mol. The summed E-state index contributed by atoms with van der Waals surface area (Å²) in [5.41, 5.74) is 1.88. The SMILES string of the molecule is CC[C@@H](C)NC(=O)[C@@H](Cc1ccccc1)N(Cc1cccc(Br)c1)C(=O)CN(c1ccc(Cl)cc1)S(=O)(=O)c1ccc(OC)cc1. The van der Waals surface area contributed by atoms with Crippen molar-refractivity contribution in [2.75, 3.05) is 18.0 Å². The van der Waals surface area contributed by atoms with Crippen LogP contribution in [0.2, 0.25) is 5.02 Å². The van der Waals surface area contributed by atoms with Gasteiger partial charge in [0.15, 0.2) is 0 Å². The lowest BCUT2D eigenvalue weighted by atomic mass is 10.0. The first-order chi connectivity index (χ1) is 22.0. The van der Waals surface area contributed by atoms with E-state index < -0.39 is 28.5 Å². The second-order valence-corrected chi connectivity index (χ2v) is 14.1. The summed E-state index contributed by atoms with van der Waals surface area (Å²) in [4.78, 5) is 29.9. The van der Waals surface area contributed by atoms with Crippen LogP contribution in [-0.2, 0) is 32.6 Å². The molecule has 4 aromatic carbocycles. The summed E-state index contributed by atoms with van der Waals surface area (Å²) < 4.78 is 35.4. The van der Waals surface area contributed by atoms with Gasteiger partial charge >= 0.3 is 0 Å². The molecule has 0 aliphatic heterocycles. The fourth-order valence-corrected chi connectivity index (χ4v) is 6.82. The largest absolute Gasteiger partial charge is 0.497 e. The van der Waals surface area contributed by atoms with Crippen molar-refractivity contribution in [3.8, 4) is 5.75 Å². The number of hydrogen-bond acceptors (Lipinski definition) is 5. The number of benzene rings is 4. The first-order valence-corrected chi connectivity index (χ1v) is 17.4. The fourth-order valence-electron chi connectivity index (χ4n) is 4.84. The summed E-state index contributed by atoms with van der Waals surface area (Å²) in [6.45, 7) is 3.38. The number of rotatable bonds is 14. The van der Waals surface area contributed by atoms with Crippen molar-refractivity contribution in [2.45, 2.75) is 50.2 Å². The van der Waals surface area contributed by atoms with Crippen LogP contribution in [0, 0.1) is 0 Å². The minimum atomic E-state index is -4.25. The number of nitrogens with zero attached hydrogens (tertiary/aromatic N) is 2. The van der Waals surface area contributed by atoms with Crippen LogP contribution in [-0.4, -0.2) is 50.9 Å². The Bertz CT molecular complexity index is 1720. The van der Waals surface area contributed by atoms with Crippen molar-refractivity contribution in [3.63, 3.8) is 0 Å². The van der Waals surface area contributed by atoms with Gasteiger partial charge in [0.1, 0.15) is 18.3 Å². The molecule has 0 fully saturated rings. The summed E-state index contributed by atoms with van der Waals surface area (Å²) >= 11 is 9.64. The average molecular weight is 727 g/mol. The molecule has 0 radical (unpaired) electrons. The Morgan fingerprint density at radius 3 is 2.17 bits per heavy atom. The Morgan fingerprint density at radius 2 is 1.57 bits per heavy atom. The van der Waals surface area contributed by atoms with Gasteiger partial charge in [0.05, 0.1) is 17.7 Å². The van der Waals surface area contributed by atoms with Gasteiger partial charge in [-0.3, -0.25) is 13.9 Å². The van der Waals surface area contributed by atoms with Crippen molar-refractivity contribution in [1.82, 2.24) is 10.2 Å². The molecule has 0 bridgehead atoms. The third-order valence-corrected chi connectivity index (χ3v) is 10.1. The monoisotopic (exact) mass is 725 g/mol. The molecule has 11 heteroatoms. The number of anilines is 1. The molecule has 0 unspecified atom stereocenters. The molecule has 0 aliphatic carbocycles. The number of nitrogens with one attached hydrogen (secondary N) is 1. The predicted molar refractivity (Wildman–Crippen MR) is 185 cm³/mol. The molecule has 4 rings (SSSR count). The number of halogens is 2. The molecule has 0 saturated heterocycles. The number of carbonyl (C=O) groups is 2. The molecule has 0 aliphatic rings. The number of ether oxygens (including phenoxy) is 1. The van der Waals surface area contributed by atoms with Crippen molar-refractivity contribution in [1.29, 1.82) is 0 Å². The highest BCUT2D eigenvalue weighted by atomic mass is 79.9. The van der Waals surface area contributed by atoms with Crippen molar-refractivity contribution in [3.05, 3.63) is 124 Å². The fraction of sp³-hybridized carbons (Fsp3) is 0.257. The zero-order chi connectivity index (χ0) is 33.3. The molecule has 1 N–H and O–H groups in total. The van der Waals surface area contributed by atoms with Gasteiger partial charge in [-0.2, -0.15) is 0 Å². The highest BCUT2D eigenvalue weighted by Gasteiger charge is 2.35. The van der Waals surface area contributed by atoms with Crippen LogP contribution in [0.4, 0.5) is 5.69 Å². The van der Waals surface area contributed by atoms with E-state index in [1.807, 2.05) is 68.4 Å². The van der Waals surface area contributed by atoms with Gasteiger partial charge in [-0.25, -0.2) is 8.42 Å². The van der Waals surface area contributed by atoms with Crippen LogP contribution < -0.4 is 14.4 Å². The van der Waals surface area contributed by atoms with E-state index >= 15 is 0 Å². The van der Waals surface area contributed by atoms with Crippen LogP contribution in [0.15, 0.2) is 112 Å². The first-order valence-electron chi connectivity index (χ1n) is 14.8. The Hall–Kier alpha value is -3.86. The number of amides is 2. The predicted octanol–water partition coefficient (Wildman–Crippen LogP) is 6.86. The first kappa shape index (κ1) is 35.0. The number of sulfonamides is 1. The third kappa shape index (κ3) is 9.11. The second kappa shape index (κ2) is 16.1. The molecule has 242 valence electrons. The van der Waals surface area contributed by atoms with E-state index in [-0.39, 0.29) is 35.5 Å². The van der Waals surface area contributed by atoms with Gasteiger partial charge in [-0.05, 0) is 85.1 Å². The van der Waals surface area contributed by atoms with Crippen molar-refractivity contribution in [2.24, 2.45) is 0 Å². The molecule has 2 amide bonds. The average Bonchev–Trinajstić information content (AvgIpc) is 3.06. The van der Waals surface area contributed by atoms with E-state index in [4.69, 9.17) is 16.3 Å². The Balaban J connectivity index is 1.80. The Morgan fingerprint density at radius 1 is 0.913 bits per heavy atom. The lowest BCUT2D eigenvalue weighted by molar-refractivity contribution is -0.140. The van der Waals surface area contributed by atoms with E-state index in [0.717, 1.165) is 19.9 Å². The zero-order valence-electron chi connectivity index (χ0n) is 25.9. The standard InChI is InChI=1S/C35H37BrClN3O5S/c1-4-25(2)38-35(42)33(22-26-9-6-5-7-10-26)39(23-27-11-8-12-28(36)21-27)34(41)24-40(30-15-13-29(37)14-16-30)46(43,44)32-19-17-31(45-3)18-20-32/h5-21,25,33H,4,22-24H2,1-3H3,(H,38,42)/t25-,33-/m1/s1. The van der Waals surface area contributed by atoms with Gasteiger partial charge in [-0.1, -0.05) is 76.9 Å². The smallest absolute Gasteiger partial charge is 0.264 e. The van der Waals surface area contributed by atoms with Crippen LogP contribution >= 0.6 is 27.5 Å². The minimum Gasteiger partial charge on any atom is -0.497 e. The van der Waals surface area contributed by atoms with Crippen LogP contribution in [0.3, 0.4) is 0 Å². The molecule has 0 spiro atoms. The van der Waals surface area contributed by atoms with E-state index in [2.05, 4.69) is 21.2 Å². The van der Waals surface area contributed by atoms with Gasteiger partial charge in [0, 0.05) is 28.5 Å². The summed E-state index contributed by atoms with van der Waals surface area (Å²) in [5, 5.41) is 3.45. The van der Waals surface area contributed by atoms with Gasteiger partial charge < -0.3 is 15.0 Å². The summed E-state index contributed by atoms with van der Waals surface area (Å²) in [7, 11) is -2.76. The van der Waals surface area contributed by atoms with Crippen molar-refractivity contribution < 1.29 is 22.7 Å². The van der Waals surface area contributed by atoms with E-state index in [1.165, 1.54) is 24.1 Å². The number of methoxy groups -OCH3 is 1. The Kier molecular flexibility index (Phi) is 12.3. The molecule has 2 atom stereocenters. The summed E-state index contributed by atoms with van der Waals surface area (Å²) in [6.07, 6.45) is 0.933. The Labute approximate surface area is 284 Å². The second-order valence-electron chi connectivity index (χ2n) is 10.8. The molecule has 0 heterocycles. The third-order valence-electron chi connectivity index (χ3n) is 7.55. The van der Waals surface area contributed by atoms with Crippen LogP contribution in [0.1, 0.15) is 31.4 Å². The molecular formula is C35H37BrClN3O5S. The van der Waals surface area contributed by atoms with Crippen LogP contribution in [0.25, 0.3) is 0 Å².